The van der Waals surface area contributed by atoms with Crippen LogP contribution in [0.15, 0.2) is 109 Å². The van der Waals surface area contributed by atoms with Crippen molar-refractivity contribution in [3.8, 4) is 0 Å². The van der Waals surface area contributed by atoms with Crippen LogP contribution in [0.1, 0.15) is 16.7 Å². The molecular weight excluding hydrogens is 399 g/mol. The zero-order chi connectivity index (χ0) is 21.9. The summed E-state index contributed by atoms with van der Waals surface area (Å²) < 4.78 is -0.398. The molecule has 31 heavy (non-hydrogen) atoms. The van der Waals surface area contributed by atoms with Gasteiger partial charge in [-0.15, -0.1) is 0 Å². The first-order valence-corrected chi connectivity index (χ1v) is 11.3. The third-order valence-corrected chi connectivity index (χ3v) is 6.73. The summed E-state index contributed by atoms with van der Waals surface area (Å²) in [6.45, 7) is 5.10. The molecule has 0 bridgehead atoms. The summed E-state index contributed by atoms with van der Waals surface area (Å²) in [6.07, 6.45) is 1.35. The maximum absolute atomic E-state index is 12.3. The molecule has 0 heterocycles. The zero-order valence-corrected chi connectivity index (χ0v) is 18.4. The van der Waals surface area contributed by atoms with E-state index < -0.39 is 4.75 Å². The van der Waals surface area contributed by atoms with Gasteiger partial charge in [0.1, 0.15) is 0 Å². The molecule has 0 spiro atoms. The summed E-state index contributed by atoms with van der Waals surface area (Å²) in [7, 11) is 5.30. The molecule has 0 aromatic heterocycles. The van der Waals surface area contributed by atoms with E-state index in [0.29, 0.717) is 19.6 Å². The molecule has 1 radical (unpaired) electrons. The monoisotopic (exact) mass is 425 g/mol. The van der Waals surface area contributed by atoms with Gasteiger partial charge in [0.25, 0.3) is 0 Å². The van der Waals surface area contributed by atoms with E-state index in [4.69, 9.17) is 7.64 Å². The van der Waals surface area contributed by atoms with Crippen molar-refractivity contribution in [2.75, 3.05) is 25.4 Å². The summed E-state index contributed by atoms with van der Waals surface area (Å²) in [6, 6.07) is 31.6. The molecule has 3 aromatic carbocycles. The molecule has 0 saturated carbocycles. The molecular formula is C26H26BN2OS. The number of hydrogen-bond acceptors (Lipinski definition) is 3. The van der Waals surface area contributed by atoms with E-state index in [1.165, 1.54) is 22.8 Å². The van der Waals surface area contributed by atoms with Crippen molar-refractivity contribution in [2.24, 2.45) is 4.90 Å². The molecule has 3 aromatic rings. The minimum absolute atomic E-state index is 0.103. The van der Waals surface area contributed by atoms with E-state index in [1.54, 1.807) is 4.90 Å². The quantitative estimate of drug-likeness (QED) is 0.244. The van der Waals surface area contributed by atoms with Crippen LogP contribution >= 0.6 is 11.8 Å². The number of carbonyl (C=O) groups excluding carboxylic acids is 1. The fraction of sp³-hybridized carbons (Fsp3) is 0.192. The first-order valence-electron chi connectivity index (χ1n) is 10.3. The van der Waals surface area contributed by atoms with Gasteiger partial charge in [0.05, 0.1) is 0 Å². The van der Waals surface area contributed by atoms with E-state index >= 15 is 0 Å². The number of carbonyl (C=O) groups is 1. The molecule has 5 heteroatoms. The Bertz CT molecular complexity index is 883. The van der Waals surface area contributed by atoms with Gasteiger partial charge < -0.3 is 0 Å². The maximum atomic E-state index is 12.3. The van der Waals surface area contributed by atoms with Gasteiger partial charge in [-0.25, -0.2) is 0 Å². The van der Waals surface area contributed by atoms with Crippen molar-refractivity contribution in [1.82, 2.24) is 4.90 Å². The molecule has 0 saturated heterocycles. The minimum atomic E-state index is -0.398. The summed E-state index contributed by atoms with van der Waals surface area (Å²) in [5.74, 6) is 0.636. The molecule has 0 atom stereocenters. The second kappa shape index (κ2) is 11.5. The first-order chi connectivity index (χ1) is 15.2. The predicted molar refractivity (Wildman–Crippen MR) is 131 cm³/mol. The van der Waals surface area contributed by atoms with Crippen LogP contribution in [0.3, 0.4) is 0 Å². The van der Waals surface area contributed by atoms with Gasteiger partial charge in [-0.3, -0.25) is 0 Å². The van der Waals surface area contributed by atoms with Crippen LogP contribution in [0.25, 0.3) is 0 Å². The van der Waals surface area contributed by atoms with Gasteiger partial charge in [0, 0.05) is 0 Å². The van der Waals surface area contributed by atoms with Crippen molar-refractivity contribution in [1.29, 1.82) is 0 Å². The average molecular weight is 425 g/mol. The van der Waals surface area contributed by atoms with Crippen molar-refractivity contribution < 1.29 is 4.79 Å². The normalized spacial score (nSPS) is 10.9. The standard InChI is InChI=1S/C26H26BN2OS/c1-2-25(30)29(19-18-28-27)20-21-31-26(22-12-6-3-7-13-22,23-14-8-4-9-15-23)24-16-10-5-11-17-24/h2-17H,1,18-21H2. The van der Waals surface area contributed by atoms with Crippen molar-refractivity contribution >= 4 is 25.3 Å². The van der Waals surface area contributed by atoms with Crippen molar-refractivity contribution in [2.45, 2.75) is 4.75 Å². The molecule has 0 unspecified atom stereocenters. The molecule has 0 fully saturated rings. The second-order valence-corrected chi connectivity index (χ2v) is 8.37. The molecule has 0 aliphatic heterocycles. The Balaban J connectivity index is 2.01. The average Bonchev–Trinajstić information content (AvgIpc) is 2.85. The van der Waals surface area contributed by atoms with Crippen LogP contribution in [0, 0.1) is 0 Å². The number of benzene rings is 3. The third-order valence-electron chi connectivity index (χ3n) is 5.21. The van der Waals surface area contributed by atoms with Gasteiger partial charge >= 0.3 is 190 Å². The molecule has 0 N–H and O–H groups in total. The molecule has 155 valence electrons. The summed E-state index contributed by atoms with van der Waals surface area (Å²) in [4.78, 5) is 17.7. The van der Waals surface area contributed by atoms with Gasteiger partial charge in [0.15, 0.2) is 0 Å². The van der Waals surface area contributed by atoms with Crippen molar-refractivity contribution in [3.05, 3.63) is 120 Å². The van der Waals surface area contributed by atoms with Crippen LogP contribution in [-0.2, 0) is 9.54 Å². The molecule has 3 rings (SSSR count). The fourth-order valence-electron chi connectivity index (χ4n) is 3.72. The third kappa shape index (κ3) is 5.42. The summed E-state index contributed by atoms with van der Waals surface area (Å²) in [5, 5.41) is 0. The molecule has 1 amide bonds. The number of rotatable bonds is 11. The number of nitrogens with zero attached hydrogens (tertiary/aromatic N) is 2. The van der Waals surface area contributed by atoms with Gasteiger partial charge in [0.2, 0.25) is 0 Å². The SMILES string of the molecule is [B]=NCCN(CCSC(c1ccccc1)(c1ccccc1)c1ccccc1)C(=O)C=C. The van der Waals surface area contributed by atoms with Gasteiger partial charge in [-0.05, 0) is 0 Å². The van der Waals surface area contributed by atoms with Crippen LogP contribution in [-0.4, -0.2) is 43.8 Å². The number of thioether (sulfide) groups is 1. The molecule has 3 nitrogen and oxygen atoms in total. The Morgan fingerprint density at radius 3 is 1.71 bits per heavy atom. The summed E-state index contributed by atoms with van der Waals surface area (Å²) in [5.41, 5.74) is 3.61. The second-order valence-electron chi connectivity index (χ2n) is 7.06. The fourth-order valence-corrected chi connectivity index (χ4v) is 5.24. The molecule has 0 aliphatic rings. The Kier molecular flexibility index (Phi) is 8.42. The topological polar surface area (TPSA) is 32.7 Å². The summed E-state index contributed by atoms with van der Waals surface area (Å²) >= 11 is 1.83. The predicted octanol–water partition coefficient (Wildman–Crippen LogP) is 5.08. The molecule has 0 aliphatic carbocycles. The Labute approximate surface area is 190 Å². The van der Waals surface area contributed by atoms with Gasteiger partial charge in [-0.2, -0.15) is 0 Å². The zero-order valence-electron chi connectivity index (χ0n) is 17.6. The van der Waals surface area contributed by atoms with Crippen LogP contribution in [0.2, 0.25) is 0 Å². The van der Waals surface area contributed by atoms with Crippen molar-refractivity contribution in [3.63, 3.8) is 0 Å². The number of amides is 1. The first kappa shape index (κ1) is 22.8. The number of hydrogen-bond donors (Lipinski definition) is 0. The van der Waals surface area contributed by atoms with E-state index in [2.05, 4.69) is 84.3 Å². The van der Waals surface area contributed by atoms with Crippen LogP contribution in [0.4, 0.5) is 0 Å². The van der Waals surface area contributed by atoms with Crippen LogP contribution in [0.5, 0.6) is 0 Å². The van der Waals surface area contributed by atoms with E-state index in [9.17, 15) is 4.79 Å². The Morgan fingerprint density at radius 1 is 0.871 bits per heavy atom. The van der Waals surface area contributed by atoms with Crippen LogP contribution < -0.4 is 0 Å². The van der Waals surface area contributed by atoms with Gasteiger partial charge in [-0.1, -0.05) is 0 Å². The van der Waals surface area contributed by atoms with E-state index in [1.807, 2.05) is 30.0 Å². The Hall–Kier alpha value is -2.92. The Morgan fingerprint density at radius 2 is 1.32 bits per heavy atom. The van der Waals surface area contributed by atoms with E-state index in [0.717, 1.165) is 5.75 Å². The van der Waals surface area contributed by atoms with E-state index in [-0.39, 0.29) is 5.91 Å².